The molecule has 0 radical (unpaired) electrons. The zero-order chi connectivity index (χ0) is 8.10. The molecule has 1 nitrogen and oxygen atoms in total. The van der Waals surface area contributed by atoms with Crippen molar-refractivity contribution in [2.45, 2.75) is 32.6 Å². The highest BCUT2D eigenvalue weighted by molar-refractivity contribution is 5.92. The van der Waals surface area contributed by atoms with Gasteiger partial charge in [-0.1, -0.05) is 5.57 Å². The molecule has 0 aromatic carbocycles. The highest BCUT2D eigenvalue weighted by Crippen LogP contribution is 2.18. The number of rotatable bonds is 2. The number of carbonyl (C=O) groups is 1. The van der Waals surface area contributed by atoms with Crippen LogP contribution in [0.4, 0.5) is 0 Å². The van der Waals surface area contributed by atoms with Gasteiger partial charge in [0.15, 0.2) is 5.78 Å². The first-order valence-corrected chi connectivity index (χ1v) is 3.95. The van der Waals surface area contributed by atoms with Crippen molar-refractivity contribution < 1.29 is 4.79 Å². The Labute approximate surface area is 67.5 Å². The molecule has 0 aromatic rings. The molecule has 0 saturated carbocycles. The number of allylic oxidation sites excluding steroid dienone is 2. The van der Waals surface area contributed by atoms with E-state index in [0.717, 1.165) is 25.7 Å². The van der Waals surface area contributed by atoms with Crippen molar-refractivity contribution in [3.63, 3.8) is 0 Å². The Balaban J connectivity index is 2.31. The van der Waals surface area contributed by atoms with Crippen molar-refractivity contribution in [1.29, 1.82) is 0 Å². The summed E-state index contributed by atoms with van der Waals surface area (Å²) in [5, 5.41) is 0. The summed E-state index contributed by atoms with van der Waals surface area (Å²) in [5.41, 5.74) is 1.28. The summed E-state index contributed by atoms with van der Waals surface area (Å²) in [5.74, 6) is 6.11. The van der Waals surface area contributed by atoms with Crippen molar-refractivity contribution in [1.82, 2.24) is 0 Å². The predicted molar refractivity (Wildman–Crippen MR) is 45.0 cm³/mol. The van der Waals surface area contributed by atoms with E-state index in [-0.39, 0.29) is 5.78 Å². The summed E-state index contributed by atoms with van der Waals surface area (Å²) < 4.78 is 0. The van der Waals surface area contributed by atoms with Gasteiger partial charge in [0, 0.05) is 12.8 Å². The van der Waals surface area contributed by atoms with Gasteiger partial charge >= 0.3 is 0 Å². The molecule has 0 fully saturated rings. The van der Waals surface area contributed by atoms with Crippen LogP contribution in [0.25, 0.3) is 0 Å². The summed E-state index contributed by atoms with van der Waals surface area (Å²) >= 11 is 0. The van der Waals surface area contributed by atoms with Crippen LogP contribution in [-0.2, 0) is 4.79 Å². The van der Waals surface area contributed by atoms with E-state index in [4.69, 9.17) is 0 Å². The first kappa shape index (κ1) is 8.07. The Bertz CT molecular complexity index is 237. The molecule has 58 valence electrons. The van der Waals surface area contributed by atoms with Gasteiger partial charge in [0.2, 0.25) is 0 Å². The van der Waals surface area contributed by atoms with E-state index in [1.807, 2.05) is 6.92 Å². The minimum Gasteiger partial charge on any atom is -0.295 e. The maximum absolute atomic E-state index is 10.8. The minimum atomic E-state index is 0.282. The third-order valence-electron chi connectivity index (χ3n) is 1.81. The monoisotopic (exact) mass is 148 g/mol. The average Bonchev–Trinajstić information content (AvgIpc) is 2.37. The van der Waals surface area contributed by atoms with Crippen LogP contribution in [0.15, 0.2) is 11.6 Å². The lowest BCUT2D eigenvalue weighted by atomic mass is 10.1. The molecule has 0 saturated heterocycles. The van der Waals surface area contributed by atoms with Gasteiger partial charge in [-0.25, -0.2) is 0 Å². The lowest BCUT2D eigenvalue weighted by molar-refractivity contribution is -0.114. The van der Waals surface area contributed by atoms with E-state index < -0.39 is 0 Å². The third-order valence-corrected chi connectivity index (χ3v) is 1.81. The molecule has 1 heteroatoms. The van der Waals surface area contributed by atoms with Crippen LogP contribution in [0, 0.1) is 11.8 Å². The minimum absolute atomic E-state index is 0.282. The first-order valence-electron chi connectivity index (χ1n) is 3.95. The van der Waals surface area contributed by atoms with Crippen molar-refractivity contribution >= 4 is 5.78 Å². The topological polar surface area (TPSA) is 17.1 Å². The molecular weight excluding hydrogens is 136 g/mol. The molecule has 0 unspecified atom stereocenters. The molecule has 1 aliphatic carbocycles. The van der Waals surface area contributed by atoms with Gasteiger partial charge in [-0.3, -0.25) is 4.79 Å². The lowest BCUT2D eigenvalue weighted by Gasteiger charge is -1.93. The van der Waals surface area contributed by atoms with Crippen molar-refractivity contribution in [3.05, 3.63) is 11.6 Å². The Morgan fingerprint density at radius 3 is 2.91 bits per heavy atom. The highest BCUT2D eigenvalue weighted by atomic mass is 16.1. The van der Waals surface area contributed by atoms with Crippen LogP contribution in [0.3, 0.4) is 0 Å². The number of hydrogen-bond donors (Lipinski definition) is 0. The number of hydrogen-bond acceptors (Lipinski definition) is 1. The van der Waals surface area contributed by atoms with E-state index in [9.17, 15) is 4.79 Å². The highest BCUT2D eigenvalue weighted by Gasteiger charge is 2.10. The smallest absolute Gasteiger partial charge is 0.155 e. The van der Waals surface area contributed by atoms with Crippen molar-refractivity contribution in [3.8, 4) is 11.8 Å². The zero-order valence-electron chi connectivity index (χ0n) is 6.81. The lowest BCUT2D eigenvalue weighted by Crippen LogP contribution is -1.80. The Kier molecular flexibility index (Phi) is 2.92. The number of ketones is 1. The van der Waals surface area contributed by atoms with Gasteiger partial charge < -0.3 is 0 Å². The molecule has 0 aromatic heterocycles. The maximum atomic E-state index is 10.8. The summed E-state index contributed by atoms with van der Waals surface area (Å²) in [4.78, 5) is 10.8. The van der Waals surface area contributed by atoms with Crippen LogP contribution in [-0.4, -0.2) is 5.78 Å². The predicted octanol–water partition coefficient (Wildman–Crippen LogP) is 2.08. The molecule has 1 rings (SSSR count). The van der Waals surface area contributed by atoms with Gasteiger partial charge in [-0.05, 0) is 25.8 Å². The Hall–Kier alpha value is -1.03. The summed E-state index contributed by atoms with van der Waals surface area (Å²) in [6, 6.07) is 0. The molecule has 1 aliphatic rings. The maximum Gasteiger partial charge on any atom is 0.155 e. The standard InChI is InChI=1S/C10H12O/c1-2-3-4-5-9-6-7-10(11)8-9/h8H,4-7H2,1H3. The summed E-state index contributed by atoms with van der Waals surface area (Å²) in [6.07, 6.45) is 5.33. The van der Waals surface area contributed by atoms with Crippen LogP contribution < -0.4 is 0 Å². The van der Waals surface area contributed by atoms with Gasteiger partial charge in [0.1, 0.15) is 0 Å². The van der Waals surface area contributed by atoms with Gasteiger partial charge in [0.25, 0.3) is 0 Å². The Morgan fingerprint density at radius 1 is 1.55 bits per heavy atom. The largest absolute Gasteiger partial charge is 0.295 e. The fourth-order valence-electron chi connectivity index (χ4n) is 1.20. The van der Waals surface area contributed by atoms with Crippen LogP contribution >= 0.6 is 0 Å². The van der Waals surface area contributed by atoms with Crippen LogP contribution in [0.1, 0.15) is 32.6 Å². The Morgan fingerprint density at radius 2 is 2.36 bits per heavy atom. The molecular formula is C10H12O. The van der Waals surface area contributed by atoms with Crippen molar-refractivity contribution in [2.75, 3.05) is 0 Å². The fourth-order valence-corrected chi connectivity index (χ4v) is 1.20. The first-order chi connectivity index (χ1) is 5.33. The third kappa shape index (κ3) is 2.59. The van der Waals surface area contributed by atoms with E-state index in [2.05, 4.69) is 11.8 Å². The van der Waals surface area contributed by atoms with E-state index in [1.165, 1.54) is 5.57 Å². The number of carbonyl (C=O) groups excluding carboxylic acids is 1. The molecule has 0 atom stereocenters. The SMILES string of the molecule is CC#CCCC1=CC(=O)CC1. The molecule has 0 spiro atoms. The van der Waals surface area contributed by atoms with E-state index in [1.54, 1.807) is 6.08 Å². The molecule has 0 bridgehead atoms. The van der Waals surface area contributed by atoms with Crippen LogP contribution in [0.5, 0.6) is 0 Å². The van der Waals surface area contributed by atoms with Crippen LogP contribution in [0.2, 0.25) is 0 Å². The van der Waals surface area contributed by atoms with E-state index in [0.29, 0.717) is 0 Å². The summed E-state index contributed by atoms with van der Waals surface area (Å²) in [7, 11) is 0. The zero-order valence-corrected chi connectivity index (χ0v) is 6.81. The second kappa shape index (κ2) is 3.98. The molecule has 0 amide bonds. The fraction of sp³-hybridized carbons (Fsp3) is 0.500. The molecule has 0 aliphatic heterocycles. The van der Waals surface area contributed by atoms with Gasteiger partial charge in [0.05, 0.1) is 0 Å². The van der Waals surface area contributed by atoms with Crippen molar-refractivity contribution in [2.24, 2.45) is 0 Å². The molecule has 0 heterocycles. The molecule has 0 N–H and O–H groups in total. The second-order valence-electron chi connectivity index (χ2n) is 2.70. The van der Waals surface area contributed by atoms with Gasteiger partial charge in [-0.2, -0.15) is 0 Å². The second-order valence-corrected chi connectivity index (χ2v) is 2.70. The van der Waals surface area contributed by atoms with E-state index >= 15 is 0 Å². The average molecular weight is 148 g/mol. The van der Waals surface area contributed by atoms with Gasteiger partial charge in [-0.15, -0.1) is 11.8 Å². The molecule has 11 heavy (non-hydrogen) atoms. The summed E-state index contributed by atoms with van der Waals surface area (Å²) in [6.45, 7) is 1.84. The quantitative estimate of drug-likeness (QED) is 0.548. The normalized spacial score (nSPS) is 15.7.